The highest BCUT2D eigenvalue weighted by Gasteiger charge is 2.55. The monoisotopic (exact) mass is 330 g/mol. The topological polar surface area (TPSA) is 67.2 Å². The molecule has 1 aliphatic heterocycles. The Morgan fingerprint density at radius 2 is 2.17 bits per heavy atom. The van der Waals surface area contributed by atoms with E-state index in [0.717, 1.165) is 23.2 Å². The molecule has 1 aromatic carbocycles. The zero-order valence-electron chi connectivity index (χ0n) is 12.5. The van der Waals surface area contributed by atoms with Gasteiger partial charge in [-0.1, -0.05) is 17.7 Å². The summed E-state index contributed by atoms with van der Waals surface area (Å²) in [5.41, 5.74) is 1.73. The lowest BCUT2D eigenvalue weighted by atomic mass is 9.92. The van der Waals surface area contributed by atoms with Crippen molar-refractivity contribution in [2.75, 3.05) is 0 Å². The Morgan fingerprint density at radius 3 is 2.91 bits per heavy atom. The van der Waals surface area contributed by atoms with Gasteiger partial charge in [0.1, 0.15) is 5.54 Å². The smallest absolute Gasteiger partial charge is 0.319 e. The second-order valence-electron chi connectivity index (χ2n) is 5.97. The number of halogens is 1. The molecule has 1 aromatic heterocycles. The maximum atomic E-state index is 13.0. The van der Waals surface area contributed by atoms with Gasteiger partial charge in [0.15, 0.2) is 0 Å². The predicted octanol–water partition coefficient (Wildman–Crippen LogP) is 1.97. The Bertz CT molecular complexity index is 831. The standard InChI is InChI=1S/C16H15ClN4O2/c1-20-12(5-7-18-20)9-21-14(22)16(19-15(21)23)6-4-10-8-11(17)2-3-13(10)16/h2-3,5,7-8H,4,6,9H2,1H3,(H,19,23)/t16-/m0/s1. The van der Waals surface area contributed by atoms with Gasteiger partial charge in [0.25, 0.3) is 5.91 Å². The summed E-state index contributed by atoms with van der Waals surface area (Å²) in [6, 6.07) is 6.91. The maximum Gasteiger partial charge on any atom is 0.325 e. The van der Waals surface area contributed by atoms with Crippen molar-refractivity contribution < 1.29 is 9.59 Å². The van der Waals surface area contributed by atoms with Crippen LogP contribution in [0, 0.1) is 0 Å². The van der Waals surface area contributed by atoms with Crippen LogP contribution >= 0.6 is 11.6 Å². The highest BCUT2D eigenvalue weighted by Crippen LogP contribution is 2.42. The highest BCUT2D eigenvalue weighted by molar-refractivity contribution is 6.30. The van der Waals surface area contributed by atoms with Gasteiger partial charge in [-0.05, 0) is 42.2 Å². The number of carbonyl (C=O) groups is 2. The summed E-state index contributed by atoms with van der Waals surface area (Å²) in [6.45, 7) is 0.214. The average Bonchev–Trinajstić information content (AvgIpc) is 3.14. The van der Waals surface area contributed by atoms with Crippen LogP contribution in [0.25, 0.3) is 0 Å². The van der Waals surface area contributed by atoms with Crippen LogP contribution in [-0.4, -0.2) is 26.6 Å². The van der Waals surface area contributed by atoms with E-state index in [1.54, 1.807) is 30.1 Å². The Morgan fingerprint density at radius 1 is 1.35 bits per heavy atom. The molecular formula is C16H15ClN4O2. The molecule has 3 amide bonds. The summed E-state index contributed by atoms with van der Waals surface area (Å²) in [5.74, 6) is -0.204. The molecule has 0 unspecified atom stereocenters. The molecule has 0 bridgehead atoms. The number of nitrogens with zero attached hydrogens (tertiary/aromatic N) is 3. The zero-order valence-corrected chi connectivity index (χ0v) is 13.3. The van der Waals surface area contributed by atoms with Crippen molar-refractivity contribution in [2.24, 2.45) is 7.05 Å². The normalized spacial score (nSPS) is 22.8. The Kier molecular flexibility index (Phi) is 2.99. The third-order valence-corrected chi connectivity index (χ3v) is 4.95. The van der Waals surface area contributed by atoms with E-state index < -0.39 is 5.54 Å². The summed E-state index contributed by atoms with van der Waals surface area (Å²) in [5, 5.41) is 7.62. The minimum atomic E-state index is -0.949. The Hall–Kier alpha value is -2.34. The van der Waals surface area contributed by atoms with E-state index in [1.165, 1.54) is 4.90 Å². The summed E-state index contributed by atoms with van der Waals surface area (Å²) in [6.07, 6.45) is 2.94. The van der Waals surface area contributed by atoms with Gasteiger partial charge in [-0.3, -0.25) is 14.4 Å². The van der Waals surface area contributed by atoms with E-state index in [0.29, 0.717) is 11.4 Å². The number of rotatable bonds is 2. The number of fused-ring (bicyclic) bond motifs is 2. The second-order valence-corrected chi connectivity index (χ2v) is 6.41. The average molecular weight is 331 g/mol. The largest absolute Gasteiger partial charge is 0.325 e. The number of amides is 3. The number of hydrogen-bond acceptors (Lipinski definition) is 3. The maximum absolute atomic E-state index is 13.0. The van der Waals surface area contributed by atoms with Crippen molar-refractivity contribution in [1.29, 1.82) is 0 Å². The molecule has 2 heterocycles. The molecule has 2 aliphatic rings. The highest BCUT2D eigenvalue weighted by atomic mass is 35.5. The SMILES string of the molecule is Cn1nccc1CN1C(=O)N[C@]2(CCc3cc(Cl)ccc32)C1=O. The second kappa shape index (κ2) is 4.83. The third-order valence-electron chi connectivity index (χ3n) is 4.71. The van der Waals surface area contributed by atoms with Gasteiger partial charge in [0, 0.05) is 18.3 Å². The van der Waals surface area contributed by atoms with E-state index in [-0.39, 0.29) is 18.5 Å². The van der Waals surface area contributed by atoms with E-state index >= 15 is 0 Å². The molecule has 6 nitrogen and oxygen atoms in total. The number of carbonyl (C=O) groups excluding carboxylic acids is 2. The summed E-state index contributed by atoms with van der Waals surface area (Å²) < 4.78 is 1.66. The number of imide groups is 1. The quantitative estimate of drug-likeness (QED) is 0.856. The van der Waals surface area contributed by atoms with E-state index in [4.69, 9.17) is 11.6 Å². The first kappa shape index (κ1) is 14.3. The summed E-state index contributed by atoms with van der Waals surface area (Å²) >= 11 is 6.03. The first-order chi connectivity index (χ1) is 11.0. The first-order valence-corrected chi connectivity index (χ1v) is 7.79. The van der Waals surface area contributed by atoms with Crippen LogP contribution in [0.3, 0.4) is 0 Å². The zero-order chi connectivity index (χ0) is 16.2. The number of hydrogen-bond donors (Lipinski definition) is 1. The fourth-order valence-corrected chi connectivity index (χ4v) is 3.68. The van der Waals surface area contributed by atoms with Gasteiger partial charge in [-0.25, -0.2) is 4.79 Å². The van der Waals surface area contributed by atoms with Crippen molar-refractivity contribution >= 4 is 23.5 Å². The van der Waals surface area contributed by atoms with Crippen LogP contribution in [0.4, 0.5) is 4.79 Å². The third kappa shape index (κ3) is 1.98. The molecule has 23 heavy (non-hydrogen) atoms. The summed E-state index contributed by atoms with van der Waals surface area (Å²) in [4.78, 5) is 26.7. The van der Waals surface area contributed by atoms with Crippen LogP contribution in [0.1, 0.15) is 23.2 Å². The Balaban J connectivity index is 1.70. The number of aryl methyl sites for hydroxylation is 2. The van der Waals surface area contributed by atoms with Crippen molar-refractivity contribution in [3.05, 3.63) is 52.3 Å². The van der Waals surface area contributed by atoms with Crippen LogP contribution < -0.4 is 5.32 Å². The van der Waals surface area contributed by atoms with E-state index in [9.17, 15) is 9.59 Å². The number of aromatic nitrogens is 2. The van der Waals surface area contributed by atoms with Gasteiger partial charge in [0.05, 0.1) is 12.2 Å². The molecular weight excluding hydrogens is 316 g/mol. The molecule has 1 saturated heterocycles. The predicted molar refractivity (Wildman–Crippen MR) is 83.7 cm³/mol. The molecule has 2 aromatic rings. The molecule has 1 atom stereocenters. The minimum absolute atomic E-state index is 0.204. The van der Waals surface area contributed by atoms with Crippen LogP contribution in [0.5, 0.6) is 0 Å². The van der Waals surface area contributed by atoms with Gasteiger partial charge in [-0.2, -0.15) is 5.10 Å². The van der Waals surface area contributed by atoms with E-state index in [2.05, 4.69) is 10.4 Å². The summed E-state index contributed by atoms with van der Waals surface area (Å²) in [7, 11) is 1.79. The fourth-order valence-electron chi connectivity index (χ4n) is 3.48. The van der Waals surface area contributed by atoms with Crippen molar-refractivity contribution in [2.45, 2.75) is 24.9 Å². The number of urea groups is 1. The molecule has 118 valence electrons. The first-order valence-electron chi connectivity index (χ1n) is 7.41. The lowest BCUT2D eigenvalue weighted by Crippen LogP contribution is -2.41. The van der Waals surface area contributed by atoms with Gasteiger partial charge in [-0.15, -0.1) is 0 Å². The van der Waals surface area contributed by atoms with Gasteiger partial charge < -0.3 is 5.32 Å². The molecule has 1 spiro atoms. The number of nitrogens with one attached hydrogen (secondary N) is 1. The molecule has 1 fully saturated rings. The molecule has 1 aliphatic carbocycles. The molecule has 4 rings (SSSR count). The molecule has 7 heteroatoms. The van der Waals surface area contributed by atoms with Gasteiger partial charge in [0.2, 0.25) is 0 Å². The van der Waals surface area contributed by atoms with Crippen LogP contribution in [0.15, 0.2) is 30.5 Å². The number of benzene rings is 1. The van der Waals surface area contributed by atoms with Crippen molar-refractivity contribution in [3.63, 3.8) is 0 Å². The van der Waals surface area contributed by atoms with Crippen LogP contribution in [-0.2, 0) is 30.3 Å². The van der Waals surface area contributed by atoms with Crippen molar-refractivity contribution in [1.82, 2.24) is 20.0 Å². The van der Waals surface area contributed by atoms with Crippen molar-refractivity contribution in [3.8, 4) is 0 Å². The minimum Gasteiger partial charge on any atom is -0.319 e. The molecule has 1 N–H and O–H groups in total. The van der Waals surface area contributed by atoms with Gasteiger partial charge >= 0.3 is 6.03 Å². The lowest BCUT2D eigenvalue weighted by Gasteiger charge is -2.22. The lowest BCUT2D eigenvalue weighted by molar-refractivity contribution is -0.132. The van der Waals surface area contributed by atoms with Crippen LogP contribution in [0.2, 0.25) is 5.02 Å². The van der Waals surface area contributed by atoms with E-state index in [1.807, 2.05) is 12.1 Å². The Labute approximate surface area is 138 Å². The molecule has 0 saturated carbocycles. The molecule has 0 radical (unpaired) electrons. The fraction of sp³-hybridized carbons (Fsp3) is 0.312.